The van der Waals surface area contributed by atoms with Crippen molar-refractivity contribution in [2.75, 3.05) is 13.1 Å². The van der Waals surface area contributed by atoms with Gasteiger partial charge in [-0.25, -0.2) is 4.79 Å². The lowest BCUT2D eigenvalue weighted by atomic mass is 10.1. The Morgan fingerprint density at radius 1 is 1.33 bits per heavy atom. The summed E-state index contributed by atoms with van der Waals surface area (Å²) in [6, 6.07) is 6.69. The van der Waals surface area contributed by atoms with Crippen LogP contribution in [0.3, 0.4) is 0 Å². The van der Waals surface area contributed by atoms with Crippen molar-refractivity contribution >= 4 is 17.6 Å². The number of aryl methyl sites for hydroxylation is 1. The smallest absolute Gasteiger partial charge is 0.314 e. The van der Waals surface area contributed by atoms with Gasteiger partial charge in [0.1, 0.15) is 11.6 Å². The Bertz CT molecular complexity index is 718. The van der Waals surface area contributed by atoms with Gasteiger partial charge in [0.2, 0.25) is 0 Å². The number of hydrogen-bond donors (Lipinski definition) is 3. The maximum Gasteiger partial charge on any atom is 0.314 e. The fraction of sp³-hybridized carbons (Fsp3) is 0.438. The second-order valence-corrected chi connectivity index (χ2v) is 6.12. The van der Waals surface area contributed by atoms with E-state index in [2.05, 4.69) is 25.4 Å². The maximum absolute atomic E-state index is 11.8. The van der Waals surface area contributed by atoms with E-state index >= 15 is 0 Å². The monoisotopic (exact) mass is 349 g/mol. The SMILES string of the molecule is O=C(NCCc1nnc2n1CCC2)NCC(O)c1ccccc1Cl. The lowest BCUT2D eigenvalue weighted by Crippen LogP contribution is -2.38. The number of rotatable bonds is 6. The molecule has 8 heteroatoms. The molecule has 0 saturated carbocycles. The molecule has 0 radical (unpaired) electrons. The molecule has 1 aromatic heterocycles. The fourth-order valence-corrected chi connectivity index (χ4v) is 3.05. The summed E-state index contributed by atoms with van der Waals surface area (Å²) in [5.74, 6) is 1.93. The van der Waals surface area contributed by atoms with Crippen molar-refractivity contribution in [2.24, 2.45) is 0 Å². The average Bonchev–Trinajstić information content (AvgIpc) is 3.18. The second kappa shape index (κ2) is 7.63. The van der Waals surface area contributed by atoms with Gasteiger partial charge in [-0.15, -0.1) is 10.2 Å². The van der Waals surface area contributed by atoms with Crippen LogP contribution in [-0.4, -0.2) is 39.0 Å². The number of carbonyl (C=O) groups is 1. The van der Waals surface area contributed by atoms with E-state index in [4.69, 9.17) is 11.6 Å². The summed E-state index contributed by atoms with van der Waals surface area (Å²) in [5, 5.41) is 24.2. The molecule has 2 amide bonds. The zero-order chi connectivity index (χ0) is 16.9. The molecule has 128 valence electrons. The van der Waals surface area contributed by atoms with Crippen molar-refractivity contribution in [2.45, 2.75) is 31.9 Å². The van der Waals surface area contributed by atoms with E-state index in [-0.39, 0.29) is 12.6 Å². The minimum absolute atomic E-state index is 0.0932. The Morgan fingerprint density at radius 2 is 2.17 bits per heavy atom. The number of urea groups is 1. The van der Waals surface area contributed by atoms with Crippen LogP contribution in [0.4, 0.5) is 4.79 Å². The van der Waals surface area contributed by atoms with E-state index in [0.717, 1.165) is 31.0 Å². The van der Waals surface area contributed by atoms with Crippen molar-refractivity contribution in [1.82, 2.24) is 25.4 Å². The van der Waals surface area contributed by atoms with Gasteiger partial charge >= 0.3 is 6.03 Å². The average molecular weight is 350 g/mol. The Hall–Kier alpha value is -2.12. The van der Waals surface area contributed by atoms with E-state index in [1.165, 1.54) is 0 Å². The fourth-order valence-electron chi connectivity index (χ4n) is 2.79. The summed E-state index contributed by atoms with van der Waals surface area (Å²) < 4.78 is 2.11. The van der Waals surface area contributed by atoms with Crippen LogP contribution in [0.25, 0.3) is 0 Å². The summed E-state index contributed by atoms with van der Waals surface area (Å²) in [7, 11) is 0. The normalized spacial score (nSPS) is 14.2. The van der Waals surface area contributed by atoms with Crippen molar-refractivity contribution < 1.29 is 9.90 Å². The van der Waals surface area contributed by atoms with Crippen LogP contribution in [0, 0.1) is 0 Å². The highest BCUT2D eigenvalue weighted by Gasteiger charge is 2.17. The predicted octanol–water partition coefficient (Wildman–Crippen LogP) is 1.45. The van der Waals surface area contributed by atoms with Gasteiger partial charge in [0.05, 0.1) is 6.10 Å². The molecular weight excluding hydrogens is 330 g/mol. The summed E-state index contributed by atoms with van der Waals surface area (Å²) in [6.45, 7) is 1.51. The minimum Gasteiger partial charge on any atom is -0.387 e. The molecule has 24 heavy (non-hydrogen) atoms. The molecule has 0 spiro atoms. The highest BCUT2D eigenvalue weighted by molar-refractivity contribution is 6.31. The molecule has 1 unspecified atom stereocenters. The second-order valence-electron chi connectivity index (χ2n) is 5.71. The van der Waals surface area contributed by atoms with E-state index in [1.54, 1.807) is 24.3 Å². The van der Waals surface area contributed by atoms with Gasteiger partial charge in [-0.05, 0) is 12.5 Å². The Kier molecular flexibility index (Phi) is 5.32. The number of nitrogens with zero attached hydrogens (tertiary/aromatic N) is 3. The molecule has 1 aliphatic rings. The van der Waals surface area contributed by atoms with Crippen LogP contribution in [0.1, 0.15) is 29.7 Å². The van der Waals surface area contributed by atoms with E-state index in [0.29, 0.717) is 23.6 Å². The molecule has 0 fully saturated rings. The number of carbonyl (C=O) groups excluding carboxylic acids is 1. The van der Waals surface area contributed by atoms with Gasteiger partial charge in [-0.2, -0.15) is 0 Å². The number of amides is 2. The molecule has 0 aliphatic carbocycles. The number of aromatic nitrogens is 3. The maximum atomic E-state index is 11.8. The van der Waals surface area contributed by atoms with Crippen molar-refractivity contribution in [1.29, 1.82) is 0 Å². The number of hydrogen-bond acceptors (Lipinski definition) is 4. The third kappa shape index (κ3) is 3.85. The molecule has 0 bridgehead atoms. The van der Waals surface area contributed by atoms with Crippen molar-refractivity contribution in [3.63, 3.8) is 0 Å². The zero-order valence-corrected chi connectivity index (χ0v) is 14.0. The number of aliphatic hydroxyl groups excluding tert-OH is 1. The molecule has 2 heterocycles. The number of halogens is 1. The first-order valence-electron chi connectivity index (χ1n) is 8.00. The van der Waals surface area contributed by atoms with Crippen LogP contribution in [0.2, 0.25) is 5.02 Å². The van der Waals surface area contributed by atoms with Crippen LogP contribution >= 0.6 is 11.6 Å². The molecular formula is C16H20ClN5O2. The first-order valence-corrected chi connectivity index (χ1v) is 8.38. The topological polar surface area (TPSA) is 92.1 Å². The van der Waals surface area contributed by atoms with E-state index < -0.39 is 6.10 Å². The van der Waals surface area contributed by atoms with Crippen molar-refractivity contribution in [3.8, 4) is 0 Å². The summed E-state index contributed by atoms with van der Waals surface area (Å²) in [5.41, 5.74) is 0.596. The molecule has 3 N–H and O–H groups in total. The first-order chi connectivity index (χ1) is 11.6. The van der Waals surface area contributed by atoms with Gasteiger partial charge < -0.3 is 20.3 Å². The lowest BCUT2D eigenvalue weighted by molar-refractivity contribution is 0.173. The summed E-state index contributed by atoms with van der Waals surface area (Å²) >= 11 is 6.02. The molecule has 2 aromatic rings. The highest BCUT2D eigenvalue weighted by Crippen LogP contribution is 2.21. The van der Waals surface area contributed by atoms with Gasteiger partial charge in [0, 0.05) is 43.1 Å². The Morgan fingerprint density at radius 3 is 3.00 bits per heavy atom. The molecule has 7 nitrogen and oxygen atoms in total. The van der Waals surface area contributed by atoms with Gasteiger partial charge in [0.25, 0.3) is 0 Å². The summed E-state index contributed by atoms with van der Waals surface area (Å²) in [4.78, 5) is 11.8. The van der Waals surface area contributed by atoms with Gasteiger partial charge in [-0.3, -0.25) is 0 Å². The Balaban J connectivity index is 1.40. The molecule has 1 aromatic carbocycles. The van der Waals surface area contributed by atoms with Crippen LogP contribution in [0.15, 0.2) is 24.3 Å². The quantitative estimate of drug-likeness (QED) is 0.736. The Labute approximate surface area is 145 Å². The largest absolute Gasteiger partial charge is 0.387 e. The molecule has 1 atom stereocenters. The predicted molar refractivity (Wildman–Crippen MR) is 89.9 cm³/mol. The van der Waals surface area contributed by atoms with Crippen molar-refractivity contribution in [3.05, 3.63) is 46.5 Å². The molecule has 0 saturated heterocycles. The number of aliphatic hydroxyl groups is 1. The number of nitrogens with one attached hydrogen (secondary N) is 2. The van der Waals surface area contributed by atoms with E-state index in [1.807, 2.05) is 0 Å². The third-order valence-electron chi connectivity index (χ3n) is 4.04. The van der Waals surface area contributed by atoms with Crippen LogP contribution < -0.4 is 10.6 Å². The van der Waals surface area contributed by atoms with Gasteiger partial charge in [-0.1, -0.05) is 29.8 Å². The van der Waals surface area contributed by atoms with E-state index in [9.17, 15) is 9.90 Å². The zero-order valence-electron chi connectivity index (χ0n) is 13.2. The lowest BCUT2D eigenvalue weighted by Gasteiger charge is -2.14. The molecule has 1 aliphatic heterocycles. The minimum atomic E-state index is -0.843. The first kappa shape index (κ1) is 16.7. The molecule has 3 rings (SSSR count). The van der Waals surface area contributed by atoms with Gasteiger partial charge in [0.15, 0.2) is 0 Å². The van der Waals surface area contributed by atoms with Crippen LogP contribution in [0.5, 0.6) is 0 Å². The third-order valence-corrected chi connectivity index (χ3v) is 4.38. The summed E-state index contributed by atoms with van der Waals surface area (Å²) in [6.07, 6.45) is 1.87. The van der Waals surface area contributed by atoms with Crippen LogP contribution in [-0.2, 0) is 19.4 Å². The number of fused-ring (bicyclic) bond motifs is 1. The number of benzene rings is 1. The highest BCUT2D eigenvalue weighted by atomic mass is 35.5. The standard InChI is InChI=1S/C16H20ClN5O2/c17-12-5-2-1-4-11(12)13(23)10-19-16(24)18-8-7-15-21-20-14-6-3-9-22(14)15/h1-2,4-5,13,23H,3,6-10H2,(H2,18,19,24).